The van der Waals surface area contributed by atoms with Gasteiger partial charge in [0.1, 0.15) is 0 Å². The van der Waals surface area contributed by atoms with E-state index in [0.717, 1.165) is 9.78 Å². The quantitative estimate of drug-likeness (QED) is 0.831. The molecule has 0 aromatic carbocycles. The molecule has 0 unspecified atom stereocenters. The van der Waals surface area contributed by atoms with Gasteiger partial charge in [-0.3, -0.25) is 9.59 Å². The monoisotopic (exact) mass is 347 g/mol. The van der Waals surface area contributed by atoms with Gasteiger partial charge in [0.05, 0.1) is 4.88 Å². The van der Waals surface area contributed by atoms with Crippen molar-refractivity contribution in [2.45, 2.75) is 0 Å². The fourth-order valence-corrected chi connectivity index (χ4v) is 3.41. The third-order valence-electron chi connectivity index (χ3n) is 4.02. The molecule has 0 bridgehead atoms. The Balaban J connectivity index is 1.34. The van der Waals surface area contributed by atoms with Gasteiger partial charge < -0.3 is 14.2 Å². The maximum atomic E-state index is 12.4. The van der Waals surface area contributed by atoms with Gasteiger partial charge in [-0.25, -0.2) is 9.69 Å². The van der Waals surface area contributed by atoms with E-state index in [1.165, 1.54) is 11.3 Å². The molecule has 2 aromatic heterocycles. The molecule has 0 spiro atoms. The molecule has 2 saturated heterocycles. The van der Waals surface area contributed by atoms with Crippen LogP contribution in [0.15, 0.2) is 28.1 Å². The van der Waals surface area contributed by atoms with E-state index in [1.54, 1.807) is 11.0 Å². The number of amides is 3. The summed E-state index contributed by atoms with van der Waals surface area (Å²) in [5.74, 6) is 0.0815. The van der Waals surface area contributed by atoms with Gasteiger partial charge in [-0.05, 0) is 11.4 Å². The van der Waals surface area contributed by atoms with Gasteiger partial charge >= 0.3 is 6.09 Å². The number of rotatable bonds is 4. The number of likely N-dealkylation sites (tertiary alicyclic amines) is 1. The van der Waals surface area contributed by atoms with Gasteiger partial charge in [-0.15, -0.1) is 11.3 Å². The number of nitrogens with zero attached hydrogens (tertiary/aromatic N) is 3. The van der Waals surface area contributed by atoms with Crippen molar-refractivity contribution in [1.82, 2.24) is 15.0 Å². The summed E-state index contributed by atoms with van der Waals surface area (Å²) in [6, 6.07) is 5.42. The first kappa shape index (κ1) is 14.9. The van der Waals surface area contributed by atoms with Crippen molar-refractivity contribution < 1.29 is 23.6 Å². The Kier molecular flexibility index (Phi) is 3.57. The van der Waals surface area contributed by atoms with E-state index in [4.69, 9.17) is 4.52 Å². The highest BCUT2D eigenvalue weighted by Crippen LogP contribution is 2.27. The van der Waals surface area contributed by atoms with Crippen LogP contribution in [0.1, 0.15) is 10.5 Å². The summed E-state index contributed by atoms with van der Waals surface area (Å²) in [6.45, 7) is 1.02. The molecule has 0 N–H and O–H groups in total. The predicted octanol–water partition coefficient (Wildman–Crippen LogP) is 1.45. The molecule has 0 saturated carbocycles. The second kappa shape index (κ2) is 5.75. The minimum atomic E-state index is -0.609. The highest BCUT2D eigenvalue weighted by atomic mass is 32.1. The molecule has 2 aliphatic rings. The largest absolute Gasteiger partial charge is 0.439 e. The smallest absolute Gasteiger partial charge is 0.417 e. The third kappa shape index (κ3) is 2.56. The first-order valence-electron chi connectivity index (χ1n) is 7.39. The fourth-order valence-electron chi connectivity index (χ4n) is 2.74. The van der Waals surface area contributed by atoms with Crippen LogP contribution in [0.4, 0.5) is 4.79 Å². The number of hydrogen-bond acceptors (Lipinski definition) is 7. The maximum absolute atomic E-state index is 12.4. The van der Waals surface area contributed by atoms with Crippen LogP contribution in [-0.4, -0.2) is 59.1 Å². The molecular formula is C15H13N3O5S. The molecule has 8 nitrogen and oxygen atoms in total. The summed E-state index contributed by atoms with van der Waals surface area (Å²) in [5.41, 5.74) is 0.258. The maximum Gasteiger partial charge on any atom is 0.417 e. The van der Waals surface area contributed by atoms with Crippen molar-refractivity contribution in [3.8, 4) is 10.6 Å². The van der Waals surface area contributed by atoms with Crippen LogP contribution in [0.5, 0.6) is 0 Å². The molecule has 4 rings (SSSR count). The summed E-state index contributed by atoms with van der Waals surface area (Å²) in [7, 11) is 0. The van der Waals surface area contributed by atoms with E-state index in [2.05, 4.69) is 9.89 Å². The molecule has 0 atom stereocenters. The Morgan fingerprint density at radius 3 is 2.88 bits per heavy atom. The zero-order valence-electron chi connectivity index (χ0n) is 12.5. The van der Waals surface area contributed by atoms with Gasteiger partial charge in [-0.1, -0.05) is 11.2 Å². The first-order chi connectivity index (χ1) is 11.6. The second-order valence-corrected chi connectivity index (χ2v) is 6.64. The summed E-state index contributed by atoms with van der Waals surface area (Å²) < 4.78 is 9.87. The highest BCUT2D eigenvalue weighted by molar-refractivity contribution is 7.13. The van der Waals surface area contributed by atoms with Gasteiger partial charge in [0.2, 0.25) is 0 Å². The predicted molar refractivity (Wildman–Crippen MR) is 82.3 cm³/mol. The van der Waals surface area contributed by atoms with E-state index in [1.807, 2.05) is 17.5 Å². The lowest BCUT2D eigenvalue weighted by atomic mass is 9.99. The molecule has 0 aliphatic carbocycles. The number of cyclic esters (lactones) is 1. The Morgan fingerprint density at radius 2 is 2.21 bits per heavy atom. The normalized spacial score (nSPS) is 18.0. The van der Waals surface area contributed by atoms with Crippen LogP contribution in [0.2, 0.25) is 0 Å². The van der Waals surface area contributed by atoms with Crippen molar-refractivity contribution in [1.29, 1.82) is 0 Å². The molecule has 9 heteroatoms. The molecule has 2 fully saturated rings. The fraction of sp³-hybridized carbons (Fsp3) is 0.333. The molecular weight excluding hydrogens is 334 g/mol. The summed E-state index contributed by atoms with van der Waals surface area (Å²) >= 11 is 1.51. The average molecular weight is 347 g/mol. The lowest BCUT2D eigenvalue weighted by Crippen LogP contribution is -2.54. The second-order valence-electron chi connectivity index (χ2n) is 5.69. The Hall–Kier alpha value is -2.68. The molecule has 24 heavy (non-hydrogen) atoms. The standard InChI is InChI=1S/C15H13N3O5S/c19-13-8-22-15(21)18(13)7-9-5-17(6-9)14(20)10-4-11(23-16-10)12-2-1-3-24-12/h1-4,9H,5-8H2. The van der Waals surface area contributed by atoms with Crippen molar-refractivity contribution in [2.24, 2.45) is 5.92 Å². The number of carbonyl (C=O) groups is 3. The van der Waals surface area contributed by atoms with Crippen LogP contribution in [0.3, 0.4) is 0 Å². The van der Waals surface area contributed by atoms with Crippen LogP contribution >= 0.6 is 11.3 Å². The minimum absolute atomic E-state index is 0.0622. The van der Waals surface area contributed by atoms with Gasteiger partial charge in [0, 0.05) is 31.6 Å². The highest BCUT2D eigenvalue weighted by Gasteiger charge is 2.39. The van der Waals surface area contributed by atoms with E-state index in [0.29, 0.717) is 18.8 Å². The van der Waals surface area contributed by atoms with Crippen LogP contribution in [0, 0.1) is 5.92 Å². The lowest BCUT2D eigenvalue weighted by Gasteiger charge is -2.39. The zero-order chi connectivity index (χ0) is 16.7. The Bertz CT molecular complexity index is 778. The van der Waals surface area contributed by atoms with Crippen molar-refractivity contribution in [2.75, 3.05) is 26.2 Å². The van der Waals surface area contributed by atoms with E-state index in [-0.39, 0.29) is 36.6 Å². The SMILES string of the molecule is O=C(c1cc(-c2cccs2)on1)N1CC(CN2C(=O)COC2=O)C1. The Morgan fingerprint density at radius 1 is 1.38 bits per heavy atom. The van der Waals surface area contributed by atoms with Gasteiger partial charge in [-0.2, -0.15) is 0 Å². The molecule has 124 valence electrons. The van der Waals surface area contributed by atoms with Crippen molar-refractivity contribution >= 4 is 29.2 Å². The summed E-state index contributed by atoms with van der Waals surface area (Å²) in [5, 5.41) is 5.75. The number of aromatic nitrogens is 1. The van der Waals surface area contributed by atoms with Crippen LogP contribution < -0.4 is 0 Å². The summed E-state index contributed by atoms with van der Waals surface area (Å²) in [6.07, 6.45) is -0.609. The van der Waals surface area contributed by atoms with Gasteiger partial charge in [0.15, 0.2) is 18.1 Å². The van der Waals surface area contributed by atoms with E-state index in [9.17, 15) is 14.4 Å². The Labute approximate surface area is 140 Å². The molecule has 0 radical (unpaired) electrons. The van der Waals surface area contributed by atoms with Crippen LogP contribution in [0.25, 0.3) is 10.6 Å². The van der Waals surface area contributed by atoms with Crippen molar-refractivity contribution in [3.63, 3.8) is 0 Å². The zero-order valence-corrected chi connectivity index (χ0v) is 13.3. The molecule has 2 aromatic rings. The van der Waals surface area contributed by atoms with Gasteiger partial charge in [0.25, 0.3) is 11.8 Å². The number of ether oxygens (including phenoxy) is 1. The minimum Gasteiger partial charge on any atom is -0.439 e. The first-order valence-corrected chi connectivity index (χ1v) is 8.27. The molecule has 4 heterocycles. The number of imide groups is 1. The third-order valence-corrected chi connectivity index (χ3v) is 4.90. The van der Waals surface area contributed by atoms with Crippen LogP contribution in [-0.2, 0) is 9.53 Å². The topological polar surface area (TPSA) is 93.0 Å². The van der Waals surface area contributed by atoms with Crippen molar-refractivity contribution in [3.05, 3.63) is 29.3 Å². The number of carbonyl (C=O) groups excluding carboxylic acids is 3. The molecule has 2 aliphatic heterocycles. The molecule has 3 amide bonds. The number of hydrogen-bond donors (Lipinski definition) is 0. The number of thiophene rings is 1. The average Bonchev–Trinajstić information content (AvgIpc) is 3.24. The van der Waals surface area contributed by atoms with E-state index >= 15 is 0 Å². The summed E-state index contributed by atoms with van der Waals surface area (Å²) in [4.78, 5) is 38.9. The van der Waals surface area contributed by atoms with E-state index < -0.39 is 6.09 Å². The lowest BCUT2D eigenvalue weighted by molar-refractivity contribution is -0.126.